The number of halogens is 1. The van der Waals surface area contributed by atoms with Gasteiger partial charge in [0.15, 0.2) is 5.83 Å². The third-order valence-corrected chi connectivity index (χ3v) is 8.91. The molecule has 5 aromatic rings. The molecular formula is C33H34FN9O3. The number of aryl methyl sites for hydroxylation is 2. The number of carbonyl (C=O) groups is 1. The Kier molecular flexibility index (Phi) is 7.19. The molecule has 4 heterocycles. The summed E-state index contributed by atoms with van der Waals surface area (Å²) in [7, 11) is 7.65. The number of para-hydroxylation sites is 1. The van der Waals surface area contributed by atoms with Crippen molar-refractivity contribution in [3.05, 3.63) is 67.1 Å². The van der Waals surface area contributed by atoms with Crippen molar-refractivity contribution in [2.45, 2.75) is 13.0 Å². The Balaban J connectivity index is 1.30. The van der Waals surface area contributed by atoms with Crippen LogP contribution in [0.4, 0.5) is 27.4 Å². The number of benzene rings is 2. The van der Waals surface area contributed by atoms with Crippen molar-refractivity contribution in [1.82, 2.24) is 29.6 Å². The molecule has 1 amide bonds. The quantitative estimate of drug-likeness (QED) is 0.213. The van der Waals surface area contributed by atoms with Gasteiger partial charge in [-0.05, 0) is 31.0 Å². The summed E-state index contributed by atoms with van der Waals surface area (Å²) in [6.07, 6.45) is 3.63. The number of fused-ring (bicyclic) bond motifs is 2. The molecule has 3 aromatic heterocycles. The van der Waals surface area contributed by atoms with Gasteiger partial charge in [-0.3, -0.25) is 4.79 Å². The number of hydrogen-bond acceptors (Lipinski definition) is 10. The predicted octanol–water partition coefficient (Wildman–Crippen LogP) is 5.16. The van der Waals surface area contributed by atoms with Crippen LogP contribution < -0.4 is 20.3 Å². The third-order valence-electron chi connectivity index (χ3n) is 8.91. The van der Waals surface area contributed by atoms with Gasteiger partial charge in [-0.2, -0.15) is 0 Å². The van der Waals surface area contributed by atoms with E-state index in [-0.39, 0.29) is 5.95 Å². The summed E-state index contributed by atoms with van der Waals surface area (Å²) in [5.41, 5.74) is 4.62. The van der Waals surface area contributed by atoms with E-state index in [1.54, 1.807) is 26.3 Å². The predicted molar refractivity (Wildman–Crippen MR) is 174 cm³/mol. The van der Waals surface area contributed by atoms with Crippen molar-refractivity contribution in [2.75, 3.05) is 49.8 Å². The van der Waals surface area contributed by atoms with E-state index in [1.807, 2.05) is 55.2 Å². The first-order valence-electron chi connectivity index (χ1n) is 14.9. The van der Waals surface area contributed by atoms with Crippen LogP contribution >= 0.6 is 0 Å². The normalized spacial score (nSPS) is 18.8. The molecule has 0 radical (unpaired) electrons. The molecular weight excluding hydrogens is 589 g/mol. The molecule has 7 rings (SSSR count). The molecule has 3 atom stereocenters. The van der Waals surface area contributed by atoms with Gasteiger partial charge >= 0.3 is 0 Å². The van der Waals surface area contributed by atoms with E-state index in [0.29, 0.717) is 63.7 Å². The van der Waals surface area contributed by atoms with Gasteiger partial charge in [0.25, 0.3) is 11.8 Å². The van der Waals surface area contributed by atoms with E-state index >= 15 is 0 Å². The molecule has 1 aliphatic carbocycles. The van der Waals surface area contributed by atoms with Crippen LogP contribution in [0.3, 0.4) is 0 Å². The highest BCUT2D eigenvalue weighted by Crippen LogP contribution is 2.51. The van der Waals surface area contributed by atoms with Crippen LogP contribution in [-0.2, 0) is 11.8 Å². The Morgan fingerprint density at radius 3 is 2.59 bits per heavy atom. The topological polar surface area (TPSA) is 126 Å². The Morgan fingerprint density at radius 2 is 1.89 bits per heavy atom. The number of amides is 1. The van der Waals surface area contributed by atoms with E-state index in [9.17, 15) is 9.18 Å². The van der Waals surface area contributed by atoms with Crippen LogP contribution in [-0.4, -0.2) is 75.9 Å². The number of likely N-dealkylation sites (tertiary alicyclic amines) is 1. The van der Waals surface area contributed by atoms with E-state index < -0.39 is 11.7 Å². The Labute approximate surface area is 264 Å². The van der Waals surface area contributed by atoms with Crippen LogP contribution in [0.5, 0.6) is 5.75 Å². The molecule has 46 heavy (non-hydrogen) atoms. The molecule has 1 saturated heterocycles. The minimum absolute atomic E-state index is 0.259. The van der Waals surface area contributed by atoms with Gasteiger partial charge in [0.2, 0.25) is 11.8 Å². The second-order valence-electron chi connectivity index (χ2n) is 12.0. The van der Waals surface area contributed by atoms with Crippen LogP contribution in [0.1, 0.15) is 5.89 Å². The number of ether oxygens (including phenoxy) is 1. The van der Waals surface area contributed by atoms with Crippen LogP contribution in [0, 0.1) is 18.8 Å². The first-order valence-corrected chi connectivity index (χ1v) is 14.9. The van der Waals surface area contributed by atoms with Crippen LogP contribution in [0.25, 0.3) is 33.6 Å². The van der Waals surface area contributed by atoms with Crippen LogP contribution in [0.2, 0.25) is 0 Å². The number of aromatic nitrogens is 5. The Bertz CT molecular complexity index is 1990. The highest BCUT2D eigenvalue weighted by Gasteiger charge is 2.57. The number of methoxy groups -OCH3 is 1. The highest BCUT2D eigenvalue weighted by molar-refractivity contribution is 6.04. The molecule has 2 aromatic carbocycles. The molecule has 2 fully saturated rings. The maximum Gasteiger partial charge on any atom is 0.283 e. The molecule has 0 bridgehead atoms. The Hall–Kier alpha value is -5.30. The zero-order valence-electron chi connectivity index (χ0n) is 26.2. The SMILES string of the molecule is C=C(F)C(=O)Nc1cc(Nc2ncc(-c3nnc(C)o3)c(-c3cn(C)c4ccccc34)n2)c(OC)cc1N(C)[C@H]1[C@@H]2CN(C)C[C@@H]21. The Morgan fingerprint density at radius 1 is 1.13 bits per heavy atom. The number of carbonyl (C=O) groups excluding carboxylic acids is 1. The van der Waals surface area contributed by atoms with Crippen molar-refractivity contribution in [3.63, 3.8) is 0 Å². The fraction of sp³-hybridized carbons (Fsp3) is 0.303. The summed E-state index contributed by atoms with van der Waals surface area (Å²) in [6.45, 7) is 6.91. The lowest BCUT2D eigenvalue weighted by molar-refractivity contribution is -0.114. The standard InChI is InChI=1S/C33H34FN9O3/c1-17(34)31(44)36-24-11-25(28(45-6)12-27(24)43(5)30-22-14-41(3)15-23(22)30)37-33-35-13-20(32-40-39-18(2)46-32)29(38-33)21-16-42(4)26-10-8-7-9-19(21)26/h7-13,16,22-23,30H,1,14-15H2,2-6H3,(H,36,44)(H,35,37,38)/t22-,23+,30+. The largest absolute Gasteiger partial charge is 0.494 e. The number of rotatable bonds is 9. The van der Waals surface area contributed by atoms with Gasteiger partial charge in [0.05, 0.1) is 35.4 Å². The molecule has 1 aliphatic heterocycles. The summed E-state index contributed by atoms with van der Waals surface area (Å²) in [4.78, 5) is 26.5. The first kappa shape index (κ1) is 29.4. The van der Waals surface area contributed by atoms with Gasteiger partial charge in [-0.15, -0.1) is 10.2 Å². The first-order chi connectivity index (χ1) is 22.1. The van der Waals surface area contributed by atoms with Crippen molar-refractivity contribution >= 4 is 39.8 Å². The van der Waals surface area contributed by atoms with Crippen molar-refractivity contribution in [2.24, 2.45) is 18.9 Å². The molecule has 0 spiro atoms. The van der Waals surface area contributed by atoms with Crippen LogP contribution in [0.15, 0.2) is 65.6 Å². The summed E-state index contributed by atoms with van der Waals surface area (Å²) in [5, 5.41) is 15.2. The average Bonchev–Trinajstić information content (AvgIpc) is 3.34. The molecule has 2 aliphatic rings. The maximum absolute atomic E-state index is 13.9. The summed E-state index contributed by atoms with van der Waals surface area (Å²) in [5.74, 6) is 0.519. The number of nitrogens with zero attached hydrogens (tertiary/aromatic N) is 7. The lowest BCUT2D eigenvalue weighted by Gasteiger charge is -2.27. The minimum atomic E-state index is -1.08. The maximum atomic E-state index is 13.9. The van der Waals surface area contributed by atoms with Crippen molar-refractivity contribution in [1.29, 1.82) is 0 Å². The fourth-order valence-corrected chi connectivity index (χ4v) is 6.72. The van der Waals surface area contributed by atoms with Gasteiger partial charge in [0.1, 0.15) is 5.75 Å². The fourth-order valence-electron chi connectivity index (χ4n) is 6.72. The molecule has 0 unspecified atom stereocenters. The minimum Gasteiger partial charge on any atom is -0.494 e. The number of hydrogen-bond donors (Lipinski definition) is 2. The van der Waals surface area contributed by atoms with Gasteiger partial charge in [0, 0.05) is 75.1 Å². The number of nitrogens with one attached hydrogen (secondary N) is 2. The lowest BCUT2D eigenvalue weighted by atomic mass is 10.1. The van der Waals surface area contributed by atoms with Crippen molar-refractivity contribution in [3.8, 4) is 28.5 Å². The van der Waals surface area contributed by atoms with Gasteiger partial charge < -0.3 is 34.2 Å². The second kappa shape index (κ2) is 11.2. The third kappa shape index (κ3) is 5.11. The van der Waals surface area contributed by atoms with E-state index in [2.05, 4.69) is 49.2 Å². The molecule has 1 saturated carbocycles. The molecule has 2 N–H and O–H groups in total. The van der Waals surface area contributed by atoms with E-state index in [4.69, 9.17) is 14.1 Å². The zero-order valence-corrected chi connectivity index (χ0v) is 26.2. The van der Waals surface area contributed by atoms with E-state index in [1.165, 1.54) is 0 Å². The number of piperidine rings is 1. The monoisotopic (exact) mass is 623 g/mol. The summed E-state index contributed by atoms with van der Waals surface area (Å²) in [6, 6.07) is 11.9. The molecule has 236 valence electrons. The highest BCUT2D eigenvalue weighted by atomic mass is 19.1. The molecule has 13 heteroatoms. The van der Waals surface area contributed by atoms with Crippen molar-refractivity contribution < 1.29 is 18.3 Å². The summed E-state index contributed by atoms with van der Waals surface area (Å²) < 4.78 is 27.5. The lowest BCUT2D eigenvalue weighted by Crippen LogP contribution is -2.31. The smallest absolute Gasteiger partial charge is 0.283 e. The molecule has 12 nitrogen and oxygen atoms in total. The average molecular weight is 624 g/mol. The second-order valence-corrected chi connectivity index (χ2v) is 12.0. The van der Waals surface area contributed by atoms with Gasteiger partial charge in [-0.1, -0.05) is 24.8 Å². The zero-order chi connectivity index (χ0) is 32.3. The van der Waals surface area contributed by atoms with E-state index in [0.717, 1.165) is 29.6 Å². The summed E-state index contributed by atoms with van der Waals surface area (Å²) >= 11 is 0. The number of anilines is 4. The van der Waals surface area contributed by atoms with Gasteiger partial charge in [-0.25, -0.2) is 14.4 Å².